The Labute approximate surface area is 108 Å². The molecule has 2 unspecified atom stereocenters. The molecule has 0 aliphatic heterocycles. The van der Waals surface area contributed by atoms with Gasteiger partial charge >= 0.3 is 0 Å². The molecule has 2 nitrogen and oxygen atoms in total. The van der Waals surface area contributed by atoms with Crippen molar-refractivity contribution in [1.29, 1.82) is 5.26 Å². The van der Waals surface area contributed by atoms with E-state index >= 15 is 0 Å². The number of hydrogen-bond acceptors (Lipinski definition) is 2. The van der Waals surface area contributed by atoms with Crippen LogP contribution in [-0.4, -0.2) is 6.04 Å². The maximum absolute atomic E-state index is 12.8. The summed E-state index contributed by atoms with van der Waals surface area (Å²) in [6.45, 7) is 0.711. The van der Waals surface area contributed by atoms with Gasteiger partial charge in [-0.25, -0.2) is 4.39 Å². The van der Waals surface area contributed by atoms with E-state index < -0.39 is 0 Å². The van der Waals surface area contributed by atoms with Gasteiger partial charge in [0.25, 0.3) is 0 Å². The van der Waals surface area contributed by atoms with E-state index in [2.05, 4.69) is 11.4 Å². The predicted molar refractivity (Wildman–Crippen MR) is 69.2 cm³/mol. The lowest BCUT2D eigenvalue weighted by atomic mass is 9.96. The van der Waals surface area contributed by atoms with Gasteiger partial charge < -0.3 is 5.32 Å². The van der Waals surface area contributed by atoms with Crippen molar-refractivity contribution in [1.82, 2.24) is 5.32 Å². The fraction of sp³-hybridized carbons (Fsp3) is 0.533. The first-order valence-electron chi connectivity index (χ1n) is 6.67. The molecule has 18 heavy (non-hydrogen) atoms. The topological polar surface area (TPSA) is 35.8 Å². The van der Waals surface area contributed by atoms with Gasteiger partial charge in [0.2, 0.25) is 0 Å². The van der Waals surface area contributed by atoms with E-state index in [1.165, 1.54) is 25.0 Å². The number of nitrogens with zero attached hydrogens (tertiary/aromatic N) is 1. The summed E-state index contributed by atoms with van der Waals surface area (Å²) in [7, 11) is 0. The second kappa shape index (κ2) is 6.51. The van der Waals surface area contributed by atoms with Gasteiger partial charge in [-0.05, 0) is 30.5 Å². The highest BCUT2D eigenvalue weighted by Gasteiger charge is 2.22. The zero-order valence-corrected chi connectivity index (χ0v) is 10.5. The van der Waals surface area contributed by atoms with Crippen LogP contribution in [-0.2, 0) is 6.54 Å². The highest BCUT2D eigenvalue weighted by molar-refractivity contribution is 5.16. The van der Waals surface area contributed by atoms with Crippen LogP contribution < -0.4 is 5.32 Å². The van der Waals surface area contributed by atoms with E-state index in [9.17, 15) is 9.65 Å². The predicted octanol–water partition coefficient (Wildman–Crippen LogP) is 3.39. The number of halogens is 1. The minimum atomic E-state index is -0.205. The molecule has 0 saturated heterocycles. The van der Waals surface area contributed by atoms with Crippen molar-refractivity contribution < 1.29 is 4.39 Å². The van der Waals surface area contributed by atoms with Crippen LogP contribution in [0.3, 0.4) is 0 Å². The third kappa shape index (κ3) is 3.54. The molecule has 1 N–H and O–H groups in total. The van der Waals surface area contributed by atoms with Crippen molar-refractivity contribution in [2.24, 2.45) is 5.92 Å². The summed E-state index contributed by atoms with van der Waals surface area (Å²) in [5, 5.41) is 12.6. The molecule has 96 valence electrons. The van der Waals surface area contributed by atoms with Crippen molar-refractivity contribution in [3.05, 3.63) is 35.6 Å². The minimum Gasteiger partial charge on any atom is -0.309 e. The Hall–Kier alpha value is -1.40. The van der Waals surface area contributed by atoms with Crippen LogP contribution in [0.1, 0.15) is 37.7 Å². The second-order valence-electron chi connectivity index (χ2n) is 4.99. The number of benzene rings is 1. The molecule has 1 aliphatic carbocycles. The maximum atomic E-state index is 12.8. The highest BCUT2D eigenvalue weighted by atomic mass is 19.1. The molecular formula is C15H19FN2. The molecule has 0 bridgehead atoms. The molecule has 0 aromatic heterocycles. The van der Waals surface area contributed by atoms with Gasteiger partial charge in [0, 0.05) is 12.6 Å². The Morgan fingerprint density at radius 1 is 1.17 bits per heavy atom. The van der Waals surface area contributed by atoms with Crippen molar-refractivity contribution in [2.75, 3.05) is 0 Å². The molecule has 2 atom stereocenters. The normalized spacial score (nSPS) is 24.2. The van der Waals surface area contributed by atoms with Crippen LogP contribution in [0.5, 0.6) is 0 Å². The summed E-state index contributed by atoms with van der Waals surface area (Å²) in [6, 6.07) is 9.24. The lowest BCUT2D eigenvalue weighted by Gasteiger charge is -2.20. The molecule has 1 saturated carbocycles. The number of hydrogen-bond donors (Lipinski definition) is 1. The smallest absolute Gasteiger partial charge is 0.123 e. The second-order valence-corrected chi connectivity index (χ2v) is 4.99. The third-order valence-corrected chi connectivity index (χ3v) is 3.66. The molecule has 1 aromatic rings. The fourth-order valence-corrected chi connectivity index (χ4v) is 2.56. The Kier molecular flexibility index (Phi) is 4.72. The van der Waals surface area contributed by atoms with Crippen LogP contribution in [0.4, 0.5) is 4.39 Å². The van der Waals surface area contributed by atoms with Crippen molar-refractivity contribution >= 4 is 0 Å². The van der Waals surface area contributed by atoms with E-state index in [0.29, 0.717) is 6.54 Å². The van der Waals surface area contributed by atoms with Gasteiger partial charge in [-0.1, -0.05) is 31.4 Å². The first-order valence-corrected chi connectivity index (χ1v) is 6.67. The lowest BCUT2D eigenvalue weighted by Crippen LogP contribution is -2.34. The summed E-state index contributed by atoms with van der Waals surface area (Å²) < 4.78 is 12.8. The first-order chi connectivity index (χ1) is 8.79. The molecular weight excluding hydrogens is 227 g/mol. The monoisotopic (exact) mass is 246 g/mol. The quantitative estimate of drug-likeness (QED) is 0.830. The summed E-state index contributed by atoms with van der Waals surface area (Å²) >= 11 is 0. The summed E-state index contributed by atoms with van der Waals surface area (Å²) in [5.41, 5.74) is 1.07. The molecule has 1 aromatic carbocycles. The van der Waals surface area contributed by atoms with Gasteiger partial charge in [0.15, 0.2) is 0 Å². The highest BCUT2D eigenvalue weighted by Crippen LogP contribution is 2.23. The van der Waals surface area contributed by atoms with E-state index in [-0.39, 0.29) is 17.8 Å². The van der Waals surface area contributed by atoms with Crippen molar-refractivity contribution in [3.8, 4) is 6.07 Å². The molecule has 0 heterocycles. The molecule has 1 fully saturated rings. The number of nitriles is 1. The van der Waals surface area contributed by atoms with E-state index in [4.69, 9.17) is 0 Å². The van der Waals surface area contributed by atoms with Gasteiger partial charge in [-0.15, -0.1) is 0 Å². The minimum absolute atomic E-state index is 0.118. The number of nitrogens with one attached hydrogen (secondary N) is 1. The van der Waals surface area contributed by atoms with Crippen molar-refractivity contribution in [3.63, 3.8) is 0 Å². The summed E-state index contributed by atoms with van der Waals surface area (Å²) in [5.74, 6) is -0.0870. The number of rotatable bonds is 3. The SMILES string of the molecule is N#CC1CCCCCC1NCc1ccc(F)cc1. The zero-order chi connectivity index (χ0) is 12.8. The van der Waals surface area contributed by atoms with Gasteiger partial charge in [0.05, 0.1) is 12.0 Å². The average Bonchev–Trinajstić information content (AvgIpc) is 2.63. The average molecular weight is 246 g/mol. The van der Waals surface area contributed by atoms with Gasteiger partial charge in [0.1, 0.15) is 5.82 Å². The first kappa shape index (κ1) is 13.0. The third-order valence-electron chi connectivity index (χ3n) is 3.66. The Bertz CT molecular complexity index is 407. The standard InChI is InChI=1S/C15H19FN2/c16-14-8-6-12(7-9-14)11-18-15-5-3-1-2-4-13(15)10-17/h6-9,13,15,18H,1-5,11H2. The van der Waals surface area contributed by atoms with Crippen molar-refractivity contribution in [2.45, 2.75) is 44.7 Å². The summed E-state index contributed by atoms with van der Waals surface area (Å²) in [6.07, 6.45) is 5.65. The molecule has 1 aliphatic rings. The molecule has 0 radical (unpaired) electrons. The molecule has 0 spiro atoms. The zero-order valence-electron chi connectivity index (χ0n) is 10.5. The van der Waals surface area contributed by atoms with Gasteiger partial charge in [-0.3, -0.25) is 0 Å². The van der Waals surface area contributed by atoms with E-state index in [1.54, 1.807) is 12.1 Å². The molecule has 3 heteroatoms. The largest absolute Gasteiger partial charge is 0.309 e. The van der Waals surface area contributed by atoms with Crippen LogP contribution in [0.15, 0.2) is 24.3 Å². The Balaban J connectivity index is 1.91. The summed E-state index contributed by atoms with van der Waals surface area (Å²) in [4.78, 5) is 0. The van der Waals surface area contributed by atoms with E-state index in [0.717, 1.165) is 24.8 Å². The van der Waals surface area contributed by atoms with Crippen LogP contribution >= 0.6 is 0 Å². The van der Waals surface area contributed by atoms with Crippen LogP contribution in [0.2, 0.25) is 0 Å². The van der Waals surface area contributed by atoms with Crippen LogP contribution in [0.25, 0.3) is 0 Å². The Morgan fingerprint density at radius 2 is 1.89 bits per heavy atom. The molecule has 2 rings (SSSR count). The Morgan fingerprint density at radius 3 is 2.61 bits per heavy atom. The fourth-order valence-electron chi connectivity index (χ4n) is 2.56. The van der Waals surface area contributed by atoms with Crippen LogP contribution in [0, 0.1) is 23.1 Å². The van der Waals surface area contributed by atoms with Gasteiger partial charge in [-0.2, -0.15) is 5.26 Å². The lowest BCUT2D eigenvalue weighted by molar-refractivity contribution is 0.393. The molecule has 0 amide bonds. The maximum Gasteiger partial charge on any atom is 0.123 e. The van der Waals surface area contributed by atoms with E-state index in [1.807, 2.05) is 0 Å².